The molecule has 0 aliphatic carbocycles. The van der Waals surface area contributed by atoms with Gasteiger partial charge >= 0.3 is 0 Å². The SMILES string of the molecule is O=S(=O)(O)CCSc1c(SCCS(=O)(=O)O)c(O)c2c(O)c3ccccc3c(O)c2c1O. The van der Waals surface area contributed by atoms with E-state index < -0.39 is 54.7 Å². The molecule has 0 radical (unpaired) electrons. The lowest BCUT2D eigenvalue weighted by molar-refractivity contribution is 0.434. The van der Waals surface area contributed by atoms with Gasteiger partial charge in [-0.15, -0.1) is 23.5 Å². The zero-order valence-corrected chi connectivity index (χ0v) is 19.4. The van der Waals surface area contributed by atoms with E-state index in [1.807, 2.05) is 0 Å². The fourth-order valence-corrected chi connectivity index (χ4v) is 7.12. The smallest absolute Gasteiger partial charge is 0.265 e. The van der Waals surface area contributed by atoms with Crippen molar-refractivity contribution in [3.63, 3.8) is 0 Å². The molecule has 174 valence electrons. The Balaban J connectivity index is 2.26. The first-order valence-corrected chi connectivity index (χ1v) is 14.0. The second kappa shape index (κ2) is 9.03. The first-order chi connectivity index (χ1) is 14.8. The molecule has 0 aromatic heterocycles. The van der Waals surface area contributed by atoms with Gasteiger partial charge in [-0.05, 0) is 0 Å². The third-order valence-electron chi connectivity index (χ3n) is 4.45. The lowest BCUT2D eigenvalue weighted by Crippen LogP contribution is -2.07. The molecule has 6 N–H and O–H groups in total. The van der Waals surface area contributed by atoms with E-state index in [0.29, 0.717) is 0 Å². The minimum atomic E-state index is -4.33. The summed E-state index contributed by atoms with van der Waals surface area (Å²) in [7, 11) is -8.65. The van der Waals surface area contributed by atoms with Crippen LogP contribution in [0.5, 0.6) is 23.0 Å². The summed E-state index contributed by atoms with van der Waals surface area (Å²) in [6.45, 7) is 0. The largest absolute Gasteiger partial charge is 0.507 e. The van der Waals surface area contributed by atoms with Gasteiger partial charge in [0.15, 0.2) is 0 Å². The van der Waals surface area contributed by atoms with Crippen LogP contribution in [0.4, 0.5) is 0 Å². The average molecular weight is 523 g/mol. The molecule has 3 aromatic carbocycles. The van der Waals surface area contributed by atoms with Gasteiger partial charge in [-0.25, -0.2) is 0 Å². The van der Waals surface area contributed by atoms with E-state index in [1.54, 1.807) is 12.1 Å². The predicted octanol–water partition coefficient (Wildman–Crippen LogP) is 2.78. The first kappa shape index (κ1) is 24.5. The Labute approximate surface area is 191 Å². The van der Waals surface area contributed by atoms with Crippen molar-refractivity contribution in [1.82, 2.24) is 0 Å². The lowest BCUT2D eigenvalue weighted by Gasteiger charge is -2.18. The predicted molar refractivity (Wildman–Crippen MR) is 122 cm³/mol. The highest BCUT2D eigenvalue weighted by molar-refractivity contribution is 8.03. The molecule has 0 bridgehead atoms. The van der Waals surface area contributed by atoms with Gasteiger partial charge in [0, 0.05) is 22.3 Å². The molecular weight excluding hydrogens is 504 g/mol. The van der Waals surface area contributed by atoms with Crippen LogP contribution in [0.1, 0.15) is 0 Å². The summed E-state index contributed by atoms with van der Waals surface area (Å²) in [5.74, 6) is -3.88. The number of hydrogen-bond acceptors (Lipinski definition) is 10. The van der Waals surface area contributed by atoms with Crippen molar-refractivity contribution in [2.75, 3.05) is 23.0 Å². The van der Waals surface area contributed by atoms with E-state index in [-0.39, 0.29) is 42.8 Å². The molecule has 32 heavy (non-hydrogen) atoms. The minimum Gasteiger partial charge on any atom is -0.507 e. The van der Waals surface area contributed by atoms with E-state index in [1.165, 1.54) is 12.1 Å². The molecule has 0 amide bonds. The van der Waals surface area contributed by atoms with Gasteiger partial charge in [0.05, 0.1) is 32.1 Å². The molecule has 0 aliphatic rings. The third kappa shape index (κ3) is 5.10. The van der Waals surface area contributed by atoms with Crippen molar-refractivity contribution in [2.24, 2.45) is 0 Å². The highest BCUT2D eigenvalue weighted by Crippen LogP contribution is 2.55. The summed E-state index contributed by atoms with van der Waals surface area (Å²) in [5, 5.41) is 43.1. The number of aromatic hydroxyl groups is 4. The highest BCUT2D eigenvalue weighted by atomic mass is 32.2. The Morgan fingerprint density at radius 2 is 0.969 bits per heavy atom. The van der Waals surface area contributed by atoms with Crippen molar-refractivity contribution in [1.29, 1.82) is 0 Å². The van der Waals surface area contributed by atoms with E-state index in [0.717, 1.165) is 23.5 Å². The Kier molecular flexibility index (Phi) is 6.93. The maximum atomic E-state index is 11.1. The van der Waals surface area contributed by atoms with Crippen LogP contribution < -0.4 is 0 Å². The molecular formula is C18H18O10S4. The number of thioether (sulfide) groups is 2. The molecule has 14 heteroatoms. The summed E-state index contributed by atoms with van der Waals surface area (Å²) in [6, 6.07) is 6.15. The summed E-state index contributed by atoms with van der Waals surface area (Å²) >= 11 is 1.47. The lowest BCUT2D eigenvalue weighted by atomic mass is 9.99. The number of fused-ring (bicyclic) bond motifs is 2. The van der Waals surface area contributed by atoms with E-state index in [4.69, 9.17) is 9.11 Å². The van der Waals surface area contributed by atoms with Crippen LogP contribution in [0.25, 0.3) is 21.5 Å². The molecule has 0 atom stereocenters. The Hall–Kier alpha value is -2.10. The topological polar surface area (TPSA) is 190 Å². The minimum absolute atomic E-state index is 0.0935. The Morgan fingerprint density at radius 3 is 1.28 bits per heavy atom. The molecule has 10 nitrogen and oxygen atoms in total. The van der Waals surface area contributed by atoms with Crippen molar-refractivity contribution in [3.05, 3.63) is 24.3 Å². The van der Waals surface area contributed by atoms with Gasteiger partial charge < -0.3 is 20.4 Å². The maximum Gasteiger partial charge on any atom is 0.265 e. The molecule has 0 unspecified atom stereocenters. The fraction of sp³-hybridized carbons (Fsp3) is 0.222. The fourth-order valence-electron chi connectivity index (χ4n) is 3.07. The van der Waals surface area contributed by atoms with Gasteiger partial charge in [-0.1, -0.05) is 24.3 Å². The summed E-state index contributed by atoms with van der Waals surface area (Å²) in [6.07, 6.45) is 0. The van der Waals surface area contributed by atoms with Crippen LogP contribution in [0, 0.1) is 0 Å². The summed E-state index contributed by atoms with van der Waals surface area (Å²) in [5.41, 5.74) is 0. The number of phenolic OH excluding ortho intramolecular Hbond substituents is 4. The van der Waals surface area contributed by atoms with Crippen LogP contribution >= 0.6 is 23.5 Å². The van der Waals surface area contributed by atoms with Crippen molar-refractivity contribution in [2.45, 2.75) is 9.79 Å². The van der Waals surface area contributed by atoms with E-state index in [9.17, 15) is 37.3 Å². The third-order valence-corrected chi connectivity index (χ3v) is 8.72. The van der Waals surface area contributed by atoms with Gasteiger partial charge in [0.2, 0.25) is 0 Å². The van der Waals surface area contributed by atoms with Crippen molar-refractivity contribution >= 4 is 65.3 Å². The second-order valence-electron chi connectivity index (χ2n) is 6.62. The number of rotatable bonds is 8. The van der Waals surface area contributed by atoms with Gasteiger partial charge in [0.1, 0.15) is 23.0 Å². The maximum absolute atomic E-state index is 11.1. The standard InChI is InChI=1S/C18H18O10S4/c19-13-9-3-1-2-4-10(9)14(20)12-11(13)15(21)17(29-5-7-31(23,24)25)18(16(12)22)30-6-8-32(26,27)28/h1-4,19-22H,5-8H2,(H,23,24,25)(H,26,27,28). The molecule has 3 aromatic rings. The van der Waals surface area contributed by atoms with Crippen LogP contribution in [0.2, 0.25) is 0 Å². The van der Waals surface area contributed by atoms with Gasteiger partial charge in [-0.3, -0.25) is 9.11 Å². The van der Waals surface area contributed by atoms with Crippen LogP contribution in [-0.4, -0.2) is 69.4 Å². The highest BCUT2D eigenvalue weighted by Gasteiger charge is 2.27. The normalized spacial score (nSPS) is 12.6. The number of benzene rings is 3. The molecule has 0 saturated carbocycles. The van der Waals surface area contributed by atoms with Crippen molar-refractivity contribution < 1.29 is 46.4 Å². The summed E-state index contributed by atoms with van der Waals surface area (Å²) < 4.78 is 62.2. The van der Waals surface area contributed by atoms with Gasteiger partial charge in [0.25, 0.3) is 20.2 Å². The Bertz CT molecular complexity index is 1310. The first-order valence-electron chi connectivity index (χ1n) is 8.82. The van der Waals surface area contributed by atoms with E-state index in [2.05, 4.69) is 0 Å². The molecule has 0 spiro atoms. The molecule has 0 aliphatic heterocycles. The Morgan fingerprint density at radius 1 is 0.625 bits per heavy atom. The molecule has 0 fully saturated rings. The van der Waals surface area contributed by atoms with E-state index >= 15 is 0 Å². The molecule has 0 saturated heterocycles. The zero-order valence-electron chi connectivity index (χ0n) is 16.1. The molecule has 3 rings (SSSR count). The van der Waals surface area contributed by atoms with Crippen molar-refractivity contribution in [3.8, 4) is 23.0 Å². The zero-order chi connectivity index (χ0) is 23.8. The monoisotopic (exact) mass is 522 g/mol. The second-order valence-corrected chi connectivity index (χ2v) is 12.0. The average Bonchev–Trinajstić information content (AvgIpc) is 2.68. The van der Waals surface area contributed by atoms with Gasteiger partial charge in [-0.2, -0.15) is 16.8 Å². The number of hydrogen-bond donors (Lipinski definition) is 6. The molecule has 0 heterocycles. The number of phenols is 4. The quantitative estimate of drug-likeness (QED) is 0.110. The van der Waals surface area contributed by atoms with Crippen LogP contribution in [0.15, 0.2) is 34.1 Å². The van der Waals surface area contributed by atoms with Crippen LogP contribution in [0.3, 0.4) is 0 Å². The van der Waals surface area contributed by atoms with Crippen LogP contribution in [-0.2, 0) is 20.2 Å². The summed E-state index contributed by atoms with van der Waals surface area (Å²) in [4.78, 5) is -0.187.